The maximum Gasteiger partial charge on any atom is 0.472 e. The highest BCUT2D eigenvalue weighted by Gasteiger charge is 2.51. The van der Waals surface area contributed by atoms with Crippen LogP contribution in [0.3, 0.4) is 0 Å². The van der Waals surface area contributed by atoms with Gasteiger partial charge < -0.3 is 39.9 Å². The molecule has 1 rings (SSSR count). The number of aliphatic hydroxyl groups excluding tert-OH is 5. The van der Waals surface area contributed by atoms with Crippen molar-refractivity contribution < 1.29 is 63.1 Å². The van der Waals surface area contributed by atoms with Gasteiger partial charge in [0.15, 0.2) is 6.10 Å². The summed E-state index contributed by atoms with van der Waals surface area (Å²) in [6.45, 7) is 3.28. The van der Waals surface area contributed by atoms with E-state index in [0.29, 0.717) is 19.3 Å². The highest BCUT2D eigenvalue weighted by Crippen LogP contribution is 2.47. The van der Waals surface area contributed by atoms with Gasteiger partial charge >= 0.3 is 19.8 Å². The predicted molar refractivity (Wildman–Crippen MR) is 258 cm³/mol. The van der Waals surface area contributed by atoms with E-state index in [2.05, 4.69) is 38.2 Å². The summed E-state index contributed by atoms with van der Waals surface area (Å²) in [7, 11) is -5.13. The number of aliphatic hydroxyl groups is 5. The van der Waals surface area contributed by atoms with Crippen molar-refractivity contribution in [3.63, 3.8) is 0 Å². The van der Waals surface area contributed by atoms with Gasteiger partial charge in [-0.05, 0) is 44.9 Å². The van der Waals surface area contributed by atoms with Gasteiger partial charge in [-0.3, -0.25) is 18.6 Å². The van der Waals surface area contributed by atoms with Crippen molar-refractivity contribution in [1.29, 1.82) is 0 Å². The molecule has 380 valence electrons. The SMILES string of the molecule is CCCCCCCC/C=C/C/C=C/C/C=C/CCCC(=O)OC[C@H](COP(=O)(O)OC1C(O)C(O)C(O)[C@@H](O)C1O)OC(=O)CCCCCCCCCCCCCCCCCCCCC. The van der Waals surface area contributed by atoms with E-state index in [1.165, 1.54) is 128 Å². The summed E-state index contributed by atoms with van der Waals surface area (Å²) in [5, 5.41) is 50.2. The summed E-state index contributed by atoms with van der Waals surface area (Å²) in [5.74, 6) is -1.15. The van der Waals surface area contributed by atoms with Gasteiger partial charge in [0.25, 0.3) is 0 Å². The lowest BCUT2D eigenvalue weighted by Gasteiger charge is -2.41. The first kappa shape index (κ1) is 61.1. The Morgan fingerprint density at radius 3 is 1.31 bits per heavy atom. The minimum Gasteiger partial charge on any atom is -0.462 e. The van der Waals surface area contributed by atoms with Gasteiger partial charge in [0.2, 0.25) is 0 Å². The molecule has 1 aliphatic rings. The second kappa shape index (κ2) is 41.1. The third-order valence-corrected chi connectivity index (χ3v) is 13.0. The van der Waals surface area contributed by atoms with Crippen LogP contribution in [0.2, 0.25) is 0 Å². The standard InChI is InChI=1S/C51H93O13P/c1-3-5-7-9-11-13-15-17-19-21-22-24-26-28-30-32-34-36-38-40-45(53)63-43(42-62-65(59,60)64-51-49(57)47(55)46(54)48(56)50(51)58)41-61-44(52)39-37-35-33-31-29-27-25-23-20-18-16-14-12-10-8-6-4-2/h18,20,25,27,31,33,43,46-51,54-58H,3-17,19,21-24,26,28-30,32,34-42H2,1-2H3,(H,59,60)/b20-18+,27-25+,33-31+/t43-,46?,47-,48?,49?,50?,51?/m1/s1. The molecule has 14 heteroatoms. The Morgan fingerprint density at radius 1 is 0.477 bits per heavy atom. The Kier molecular flexibility index (Phi) is 38.6. The molecule has 6 unspecified atom stereocenters. The highest BCUT2D eigenvalue weighted by atomic mass is 31.2. The van der Waals surface area contributed by atoms with E-state index in [0.717, 1.165) is 44.9 Å². The van der Waals surface area contributed by atoms with Crippen molar-refractivity contribution >= 4 is 19.8 Å². The number of carbonyl (C=O) groups is 2. The van der Waals surface area contributed by atoms with Gasteiger partial charge in [-0.1, -0.05) is 198 Å². The lowest BCUT2D eigenvalue weighted by atomic mass is 9.85. The zero-order valence-electron chi connectivity index (χ0n) is 40.5. The van der Waals surface area contributed by atoms with Crippen LogP contribution < -0.4 is 0 Å². The molecule has 0 amide bonds. The number of phosphoric ester groups is 1. The van der Waals surface area contributed by atoms with E-state index >= 15 is 0 Å². The number of hydrogen-bond acceptors (Lipinski definition) is 12. The van der Waals surface area contributed by atoms with E-state index in [-0.39, 0.29) is 12.8 Å². The van der Waals surface area contributed by atoms with E-state index in [9.17, 15) is 44.6 Å². The van der Waals surface area contributed by atoms with Crippen LogP contribution in [0, 0.1) is 0 Å². The van der Waals surface area contributed by atoms with Crippen LogP contribution in [-0.4, -0.2) is 98.3 Å². The first-order chi connectivity index (χ1) is 31.4. The molecular formula is C51H93O13P. The smallest absolute Gasteiger partial charge is 0.462 e. The van der Waals surface area contributed by atoms with Crippen LogP contribution in [0.4, 0.5) is 0 Å². The molecule has 0 aromatic rings. The van der Waals surface area contributed by atoms with Gasteiger partial charge in [0.05, 0.1) is 6.61 Å². The van der Waals surface area contributed by atoms with Crippen LogP contribution in [-0.2, 0) is 32.7 Å². The fourth-order valence-electron chi connectivity index (χ4n) is 7.83. The van der Waals surface area contributed by atoms with Gasteiger partial charge in [-0.2, -0.15) is 0 Å². The number of unbranched alkanes of at least 4 members (excludes halogenated alkanes) is 25. The maximum atomic E-state index is 12.8. The van der Waals surface area contributed by atoms with Crippen molar-refractivity contribution in [3.05, 3.63) is 36.5 Å². The monoisotopic (exact) mass is 945 g/mol. The normalized spacial score (nSPS) is 21.7. The van der Waals surface area contributed by atoms with Crippen molar-refractivity contribution in [3.8, 4) is 0 Å². The fourth-order valence-corrected chi connectivity index (χ4v) is 8.81. The average Bonchev–Trinajstić information content (AvgIpc) is 3.29. The number of allylic oxidation sites excluding steroid dienone is 6. The number of ether oxygens (including phenoxy) is 2. The van der Waals surface area contributed by atoms with Gasteiger partial charge in [-0.25, -0.2) is 4.57 Å². The van der Waals surface area contributed by atoms with Crippen molar-refractivity contribution in [1.82, 2.24) is 0 Å². The molecule has 1 saturated carbocycles. The molecule has 8 atom stereocenters. The molecular weight excluding hydrogens is 852 g/mol. The van der Waals surface area contributed by atoms with Gasteiger partial charge in [-0.15, -0.1) is 0 Å². The zero-order valence-corrected chi connectivity index (χ0v) is 41.4. The second-order valence-corrected chi connectivity index (χ2v) is 19.4. The second-order valence-electron chi connectivity index (χ2n) is 18.0. The minimum atomic E-state index is -5.13. The molecule has 0 aliphatic heterocycles. The van der Waals surface area contributed by atoms with E-state index in [1.54, 1.807) is 0 Å². The quantitative estimate of drug-likeness (QED) is 0.0146. The molecule has 0 spiro atoms. The maximum absolute atomic E-state index is 12.8. The van der Waals surface area contributed by atoms with Crippen LogP contribution in [0.25, 0.3) is 0 Å². The van der Waals surface area contributed by atoms with Gasteiger partial charge in [0.1, 0.15) is 43.2 Å². The summed E-state index contributed by atoms with van der Waals surface area (Å²) >= 11 is 0. The molecule has 0 aromatic heterocycles. The van der Waals surface area contributed by atoms with Crippen LogP contribution in [0.1, 0.15) is 219 Å². The van der Waals surface area contributed by atoms with Crippen LogP contribution >= 0.6 is 7.82 Å². The molecule has 13 nitrogen and oxygen atoms in total. The molecule has 0 radical (unpaired) electrons. The van der Waals surface area contributed by atoms with Crippen LogP contribution in [0.15, 0.2) is 36.5 Å². The first-order valence-electron chi connectivity index (χ1n) is 25.8. The van der Waals surface area contributed by atoms with E-state index < -0.39 is 75.7 Å². The Bertz CT molecular complexity index is 1280. The largest absolute Gasteiger partial charge is 0.472 e. The molecule has 0 saturated heterocycles. The highest BCUT2D eigenvalue weighted by molar-refractivity contribution is 7.47. The molecule has 0 aromatic carbocycles. The Hall–Kier alpha value is -1.93. The molecule has 65 heavy (non-hydrogen) atoms. The molecule has 6 N–H and O–H groups in total. The summed E-state index contributed by atoms with van der Waals surface area (Å²) in [5.41, 5.74) is 0. The third kappa shape index (κ3) is 33.3. The Balaban J connectivity index is 2.43. The number of rotatable bonds is 43. The topological polar surface area (TPSA) is 210 Å². The lowest BCUT2D eigenvalue weighted by molar-refractivity contribution is -0.220. The molecule has 0 heterocycles. The minimum absolute atomic E-state index is 0.0899. The molecule has 1 fully saturated rings. The van der Waals surface area contributed by atoms with E-state index in [1.807, 2.05) is 12.2 Å². The Morgan fingerprint density at radius 2 is 0.846 bits per heavy atom. The lowest BCUT2D eigenvalue weighted by Crippen LogP contribution is -2.64. The molecule has 0 bridgehead atoms. The summed E-state index contributed by atoms with van der Waals surface area (Å²) < 4.78 is 33.6. The third-order valence-electron chi connectivity index (χ3n) is 12.0. The Labute approximate surface area is 393 Å². The fraction of sp³-hybridized carbons (Fsp3) is 0.843. The summed E-state index contributed by atoms with van der Waals surface area (Å²) in [4.78, 5) is 35.8. The number of carbonyl (C=O) groups excluding carboxylic acids is 2. The van der Waals surface area contributed by atoms with Crippen molar-refractivity contribution in [2.45, 2.75) is 262 Å². The number of esters is 2. The average molecular weight is 945 g/mol. The molecule has 1 aliphatic carbocycles. The van der Waals surface area contributed by atoms with Crippen molar-refractivity contribution in [2.75, 3.05) is 13.2 Å². The predicted octanol–water partition coefficient (Wildman–Crippen LogP) is 11.0. The first-order valence-corrected chi connectivity index (χ1v) is 27.3. The summed E-state index contributed by atoms with van der Waals surface area (Å²) in [6.07, 6.45) is 34.9. The van der Waals surface area contributed by atoms with Gasteiger partial charge in [0, 0.05) is 12.8 Å². The summed E-state index contributed by atoms with van der Waals surface area (Å²) in [6, 6.07) is 0. The number of hydrogen-bond donors (Lipinski definition) is 6. The zero-order chi connectivity index (χ0) is 47.8. The number of phosphoric acid groups is 1. The van der Waals surface area contributed by atoms with Crippen molar-refractivity contribution in [2.24, 2.45) is 0 Å². The van der Waals surface area contributed by atoms with E-state index in [4.69, 9.17) is 18.5 Å². The van der Waals surface area contributed by atoms with Crippen LogP contribution in [0.5, 0.6) is 0 Å².